The summed E-state index contributed by atoms with van der Waals surface area (Å²) in [7, 11) is -3.82. The average molecular weight is 464 g/mol. The second-order valence-corrected chi connectivity index (χ2v) is 9.92. The molecular formula is C21H22ClN3O5S. The molecule has 2 heterocycles. The molecule has 2 amide bonds. The van der Waals surface area contributed by atoms with Crippen LogP contribution < -0.4 is 15.4 Å². The molecule has 1 fully saturated rings. The molecule has 4 rings (SSSR count). The standard InChI is InChI=1S/C21H22ClN3O5S/c22-16-5-3-14(4-6-16)11-23-21(27)15-2-1-9-25(12-15)31(28,29)17-7-8-19-18(10-17)24-20(26)13-30-19/h3-8,10,15H,1-2,9,11-13H2,(H,23,27)(H,24,26)/t15-/m1/s1. The van der Waals surface area contributed by atoms with Gasteiger partial charge in [-0.3, -0.25) is 9.59 Å². The van der Waals surface area contributed by atoms with Crippen LogP contribution in [0.1, 0.15) is 18.4 Å². The SMILES string of the molecule is O=C1COc2ccc(S(=O)(=O)N3CCC[C@@H](C(=O)NCc4ccc(Cl)cc4)C3)cc2N1. The summed E-state index contributed by atoms with van der Waals surface area (Å²) < 4.78 is 32.9. The van der Waals surface area contributed by atoms with Gasteiger partial charge >= 0.3 is 0 Å². The third kappa shape index (κ3) is 4.84. The first-order valence-corrected chi connectivity index (χ1v) is 11.7. The minimum atomic E-state index is -3.82. The van der Waals surface area contributed by atoms with Gasteiger partial charge in [0, 0.05) is 24.7 Å². The van der Waals surface area contributed by atoms with Gasteiger partial charge in [-0.05, 0) is 48.7 Å². The average Bonchev–Trinajstić information content (AvgIpc) is 2.78. The van der Waals surface area contributed by atoms with Gasteiger partial charge in [-0.25, -0.2) is 8.42 Å². The molecule has 0 saturated carbocycles. The number of carbonyl (C=O) groups excluding carboxylic acids is 2. The Morgan fingerprint density at radius 1 is 1.23 bits per heavy atom. The summed E-state index contributed by atoms with van der Waals surface area (Å²) in [5, 5.41) is 6.12. The number of piperidine rings is 1. The van der Waals surface area contributed by atoms with E-state index in [1.54, 1.807) is 12.1 Å². The van der Waals surface area contributed by atoms with E-state index in [1.165, 1.54) is 22.5 Å². The normalized spacial score (nSPS) is 19.1. The van der Waals surface area contributed by atoms with Crippen molar-refractivity contribution in [3.05, 3.63) is 53.1 Å². The molecule has 2 N–H and O–H groups in total. The summed E-state index contributed by atoms with van der Waals surface area (Å²) in [5.74, 6) is -0.522. The molecule has 10 heteroatoms. The Morgan fingerprint density at radius 2 is 2.00 bits per heavy atom. The number of anilines is 1. The number of benzene rings is 2. The van der Waals surface area contributed by atoms with Gasteiger partial charge in [0.15, 0.2) is 6.61 Å². The minimum Gasteiger partial charge on any atom is -0.482 e. The van der Waals surface area contributed by atoms with E-state index in [4.69, 9.17) is 16.3 Å². The van der Waals surface area contributed by atoms with Crippen LogP contribution in [0, 0.1) is 5.92 Å². The fourth-order valence-electron chi connectivity index (χ4n) is 3.68. The van der Waals surface area contributed by atoms with Crippen molar-refractivity contribution in [2.75, 3.05) is 25.0 Å². The Morgan fingerprint density at radius 3 is 2.77 bits per heavy atom. The second kappa shape index (κ2) is 8.86. The first kappa shape index (κ1) is 21.6. The highest BCUT2D eigenvalue weighted by atomic mass is 35.5. The molecule has 0 unspecified atom stereocenters. The van der Waals surface area contributed by atoms with Crippen LogP contribution in [0.25, 0.3) is 0 Å². The lowest BCUT2D eigenvalue weighted by molar-refractivity contribution is -0.126. The van der Waals surface area contributed by atoms with E-state index in [-0.39, 0.29) is 29.9 Å². The molecule has 0 spiro atoms. The monoisotopic (exact) mass is 463 g/mol. The van der Waals surface area contributed by atoms with Crippen molar-refractivity contribution in [2.45, 2.75) is 24.3 Å². The van der Waals surface area contributed by atoms with Crippen LogP contribution in [0.3, 0.4) is 0 Å². The quantitative estimate of drug-likeness (QED) is 0.708. The number of halogens is 1. The van der Waals surface area contributed by atoms with Gasteiger partial charge in [0.25, 0.3) is 5.91 Å². The topological polar surface area (TPSA) is 105 Å². The van der Waals surface area contributed by atoms with Gasteiger partial charge in [0.05, 0.1) is 16.5 Å². The number of sulfonamides is 1. The summed E-state index contributed by atoms with van der Waals surface area (Å²) >= 11 is 5.87. The number of rotatable bonds is 5. The molecule has 0 aliphatic carbocycles. The zero-order valence-corrected chi connectivity index (χ0v) is 18.2. The molecule has 2 aromatic carbocycles. The minimum absolute atomic E-state index is 0.0549. The van der Waals surface area contributed by atoms with Crippen molar-refractivity contribution < 1.29 is 22.7 Å². The fraction of sp³-hybridized carbons (Fsp3) is 0.333. The number of hydrogen-bond donors (Lipinski definition) is 2. The van der Waals surface area contributed by atoms with Crippen LogP contribution in [0.5, 0.6) is 5.75 Å². The maximum atomic E-state index is 13.2. The van der Waals surface area contributed by atoms with Crippen molar-refractivity contribution >= 4 is 39.1 Å². The second-order valence-electron chi connectivity index (χ2n) is 7.54. The highest BCUT2D eigenvalue weighted by Gasteiger charge is 2.34. The number of ether oxygens (including phenoxy) is 1. The van der Waals surface area contributed by atoms with E-state index in [0.29, 0.717) is 42.4 Å². The van der Waals surface area contributed by atoms with Gasteiger partial charge in [-0.15, -0.1) is 0 Å². The Bertz CT molecular complexity index is 1100. The number of amides is 2. The van der Waals surface area contributed by atoms with E-state index in [9.17, 15) is 18.0 Å². The van der Waals surface area contributed by atoms with Gasteiger partial charge < -0.3 is 15.4 Å². The number of nitrogens with one attached hydrogen (secondary N) is 2. The van der Waals surface area contributed by atoms with Crippen LogP contribution in [0.15, 0.2) is 47.4 Å². The highest BCUT2D eigenvalue weighted by molar-refractivity contribution is 7.89. The van der Waals surface area contributed by atoms with E-state index >= 15 is 0 Å². The van der Waals surface area contributed by atoms with Crippen molar-refractivity contribution in [3.63, 3.8) is 0 Å². The van der Waals surface area contributed by atoms with Crippen molar-refractivity contribution in [2.24, 2.45) is 5.92 Å². The molecule has 0 radical (unpaired) electrons. The van der Waals surface area contributed by atoms with Crippen LogP contribution in [0.2, 0.25) is 5.02 Å². The molecule has 2 aromatic rings. The maximum Gasteiger partial charge on any atom is 0.262 e. The number of fused-ring (bicyclic) bond motifs is 1. The van der Waals surface area contributed by atoms with Gasteiger partial charge in [-0.1, -0.05) is 23.7 Å². The van der Waals surface area contributed by atoms with Gasteiger partial charge in [-0.2, -0.15) is 4.31 Å². The maximum absolute atomic E-state index is 13.2. The number of hydrogen-bond acceptors (Lipinski definition) is 5. The zero-order valence-electron chi connectivity index (χ0n) is 16.6. The van der Waals surface area contributed by atoms with Crippen molar-refractivity contribution in [3.8, 4) is 5.75 Å². The predicted octanol–water partition coefficient (Wildman–Crippen LogP) is 2.39. The molecule has 8 nitrogen and oxygen atoms in total. The molecular weight excluding hydrogens is 442 g/mol. The Kier molecular flexibility index (Phi) is 6.17. The lowest BCUT2D eigenvalue weighted by atomic mass is 9.99. The highest BCUT2D eigenvalue weighted by Crippen LogP contribution is 2.32. The summed E-state index contributed by atoms with van der Waals surface area (Å²) in [6, 6.07) is 11.6. The summed E-state index contributed by atoms with van der Waals surface area (Å²) in [6.07, 6.45) is 1.20. The largest absolute Gasteiger partial charge is 0.482 e. The Balaban J connectivity index is 1.43. The number of carbonyl (C=O) groups is 2. The van der Waals surface area contributed by atoms with E-state index in [2.05, 4.69) is 10.6 Å². The van der Waals surface area contributed by atoms with E-state index < -0.39 is 15.9 Å². The summed E-state index contributed by atoms with van der Waals surface area (Å²) in [6.45, 7) is 0.694. The van der Waals surface area contributed by atoms with Crippen LogP contribution in [-0.2, 0) is 26.2 Å². The first-order valence-electron chi connectivity index (χ1n) is 9.92. The molecule has 2 aliphatic heterocycles. The Labute approximate surface area is 185 Å². The lowest BCUT2D eigenvalue weighted by Gasteiger charge is -2.31. The molecule has 2 aliphatic rings. The fourth-order valence-corrected chi connectivity index (χ4v) is 5.36. The zero-order chi connectivity index (χ0) is 22.0. The smallest absolute Gasteiger partial charge is 0.262 e. The van der Waals surface area contributed by atoms with Crippen LogP contribution in [0.4, 0.5) is 5.69 Å². The molecule has 1 atom stereocenters. The van der Waals surface area contributed by atoms with E-state index in [0.717, 1.165) is 5.56 Å². The van der Waals surface area contributed by atoms with Gasteiger partial charge in [0.1, 0.15) is 5.75 Å². The summed E-state index contributed by atoms with van der Waals surface area (Å²) in [4.78, 5) is 24.2. The molecule has 164 valence electrons. The Hall–Kier alpha value is -2.62. The van der Waals surface area contributed by atoms with Crippen LogP contribution in [-0.4, -0.2) is 44.2 Å². The molecule has 0 bridgehead atoms. The summed E-state index contributed by atoms with van der Waals surface area (Å²) in [5.41, 5.74) is 1.24. The lowest BCUT2D eigenvalue weighted by Crippen LogP contribution is -2.45. The number of nitrogens with zero attached hydrogens (tertiary/aromatic N) is 1. The van der Waals surface area contributed by atoms with Crippen LogP contribution >= 0.6 is 11.6 Å². The molecule has 0 aromatic heterocycles. The predicted molar refractivity (Wildman–Crippen MR) is 115 cm³/mol. The van der Waals surface area contributed by atoms with Crippen molar-refractivity contribution in [1.29, 1.82) is 0 Å². The van der Waals surface area contributed by atoms with E-state index in [1.807, 2.05) is 12.1 Å². The molecule has 31 heavy (non-hydrogen) atoms. The molecule has 1 saturated heterocycles. The third-order valence-corrected chi connectivity index (χ3v) is 7.47. The first-order chi connectivity index (χ1) is 14.8. The third-order valence-electron chi connectivity index (χ3n) is 5.36. The van der Waals surface area contributed by atoms with Gasteiger partial charge in [0.2, 0.25) is 15.9 Å². The van der Waals surface area contributed by atoms with Crippen molar-refractivity contribution in [1.82, 2.24) is 9.62 Å².